The Labute approximate surface area is 114 Å². The predicted octanol–water partition coefficient (Wildman–Crippen LogP) is 1.10. The summed E-state index contributed by atoms with van der Waals surface area (Å²) < 4.78 is 24.4. The average Bonchev–Trinajstić information content (AvgIpc) is 2.38. The Morgan fingerprint density at radius 1 is 1.42 bits per heavy atom. The Morgan fingerprint density at radius 3 is 2.68 bits per heavy atom. The monoisotopic (exact) mass is 281 g/mol. The van der Waals surface area contributed by atoms with Gasteiger partial charge in [0, 0.05) is 26.7 Å². The smallest absolute Gasteiger partial charge is 0.214 e. The Balaban J connectivity index is 2.57. The van der Waals surface area contributed by atoms with Crippen molar-refractivity contribution in [2.75, 3.05) is 26.4 Å². The molecule has 1 N–H and O–H groups in total. The van der Waals surface area contributed by atoms with Gasteiger partial charge in [-0.3, -0.25) is 0 Å². The molecule has 0 amide bonds. The van der Waals surface area contributed by atoms with Crippen LogP contribution in [0.25, 0.3) is 0 Å². The summed E-state index contributed by atoms with van der Waals surface area (Å²) in [6.07, 6.45) is 0. The lowest BCUT2D eigenvalue weighted by Crippen LogP contribution is -2.32. The largest absolute Gasteiger partial charge is 0.309 e. The molecule has 1 rings (SSSR count). The Hall–Kier alpha value is -1.42. The van der Waals surface area contributed by atoms with Crippen molar-refractivity contribution in [2.45, 2.75) is 13.0 Å². The van der Waals surface area contributed by atoms with Gasteiger partial charge < -0.3 is 5.32 Å². The minimum absolute atomic E-state index is 0.00524. The van der Waals surface area contributed by atoms with Crippen LogP contribution in [0.2, 0.25) is 0 Å². The van der Waals surface area contributed by atoms with E-state index in [1.54, 1.807) is 12.1 Å². The van der Waals surface area contributed by atoms with Crippen molar-refractivity contribution >= 4 is 10.0 Å². The lowest BCUT2D eigenvalue weighted by molar-refractivity contribution is 0.512. The van der Waals surface area contributed by atoms with Gasteiger partial charge in [-0.1, -0.05) is 12.1 Å². The maximum Gasteiger partial charge on any atom is 0.214 e. The molecule has 0 saturated carbocycles. The number of hydrogen-bond donors (Lipinski definition) is 1. The van der Waals surface area contributed by atoms with Gasteiger partial charge in [-0.2, -0.15) is 5.26 Å². The van der Waals surface area contributed by atoms with Crippen molar-refractivity contribution < 1.29 is 8.42 Å². The SMILES string of the molecule is CC(NCCS(=O)(=O)N(C)C)c1cccc(C#N)c1. The molecule has 5 nitrogen and oxygen atoms in total. The second-order valence-corrected chi connectivity index (χ2v) is 6.81. The van der Waals surface area contributed by atoms with Crippen molar-refractivity contribution in [1.29, 1.82) is 5.26 Å². The van der Waals surface area contributed by atoms with Crippen LogP contribution in [-0.4, -0.2) is 39.1 Å². The van der Waals surface area contributed by atoms with E-state index >= 15 is 0 Å². The highest BCUT2D eigenvalue weighted by atomic mass is 32.2. The third-order valence-electron chi connectivity index (χ3n) is 2.88. The number of rotatable bonds is 6. The van der Waals surface area contributed by atoms with Crippen LogP contribution in [0, 0.1) is 11.3 Å². The molecule has 0 saturated heterocycles. The summed E-state index contributed by atoms with van der Waals surface area (Å²) in [6, 6.07) is 9.38. The van der Waals surface area contributed by atoms with E-state index in [9.17, 15) is 8.42 Å². The predicted molar refractivity (Wildman–Crippen MR) is 75.0 cm³/mol. The fraction of sp³-hybridized carbons (Fsp3) is 0.462. The maximum absolute atomic E-state index is 11.6. The van der Waals surface area contributed by atoms with Gasteiger partial charge in [-0.25, -0.2) is 12.7 Å². The molecular weight excluding hydrogens is 262 g/mol. The zero-order valence-corrected chi connectivity index (χ0v) is 12.2. The lowest BCUT2D eigenvalue weighted by Gasteiger charge is -2.16. The molecule has 0 bridgehead atoms. The zero-order valence-electron chi connectivity index (χ0n) is 11.4. The first-order valence-electron chi connectivity index (χ1n) is 6.00. The second-order valence-electron chi connectivity index (χ2n) is 4.51. The molecule has 0 aliphatic rings. The minimum atomic E-state index is -3.17. The molecular formula is C13H19N3O2S. The minimum Gasteiger partial charge on any atom is -0.309 e. The van der Waals surface area contributed by atoms with Crippen LogP contribution >= 0.6 is 0 Å². The summed E-state index contributed by atoms with van der Waals surface area (Å²) in [4.78, 5) is 0. The van der Waals surface area contributed by atoms with Crippen LogP contribution in [0.1, 0.15) is 24.1 Å². The van der Waals surface area contributed by atoms with Crippen LogP contribution in [-0.2, 0) is 10.0 Å². The Bertz CT molecular complexity index is 561. The summed E-state index contributed by atoms with van der Waals surface area (Å²) in [7, 11) is -0.124. The number of benzene rings is 1. The highest BCUT2D eigenvalue weighted by molar-refractivity contribution is 7.89. The van der Waals surface area contributed by atoms with E-state index in [4.69, 9.17) is 5.26 Å². The lowest BCUT2D eigenvalue weighted by atomic mass is 10.1. The quantitative estimate of drug-likeness (QED) is 0.847. The third kappa shape index (κ3) is 4.63. The van der Waals surface area contributed by atoms with Crippen LogP contribution < -0.4 is 5.32 Å². The molecule has 19 heavy (non-hydrogen) atoms. The molecule has 6 heteroatoms. The summed E-state index contributed by atoms with van der Waals surface area (Å²) >= 11 is 0. The summed E-state index contributed by atoms with van der Waals surface area (Å²) in [5.74, 6) is 0.0578. The molecule has 1 atom stereocenters. The first-order valence-corrected chi connectivity index (χ1v) is 7.61. The number of hydrogen-bond acceptors (Lipinski definition) is 4. The van der Waals surface area contributed by atoms with Crippen molar-refractivity contribution in [3.8, 4) is 6.07 Å². The van der Waals surface area contributed by atoms with Gasteiger partial charge in [0.2, 0.25) is 10.0 Å². The maximum atomic E-state index is 11.6. The Morgan fingerprint density at radius 2 is 2.11 bits per heavy atom. The van der Waals surface area contributed by atoms with Crippen molar-refractivity contribution in [2.24, 2.45) is 0 Å². The highest BCUT2D eigenvalue weighted by Gasteiger charge is 2.14. The Kier molecular flexibility index (Phi) is 5.48. The molecule has 0 heterocycles. The first-order chi connectivity index (χ1) is 8.86. The third-order valence-corrected chi connectivity index (χ3v) is 4.72. The second kappa shape index (κ2) is 6.66. The van der Waals surface area contributed by atoms with E-state index in [-0.39, 0.29) is 11.8 Å². The summed E-state index contributed by atoms with van der Waals surface area (Å²) in [5.41, 5.74) is 1.58. The summed E-state index contributed by atoms with van der Waals surface area (Å²) in [5, 5.41) is 12.0. The van der Waals surface area contributed by atoms with Crippen LogP contribution in [0.5, 0.6) is 0 Å². The van der Waals surface area contributed by atoms with E-state index in [0.29, 0.717) is 12.1 Å². The van der Waals surface area contributed by atoms with E-state index in [0.717, 1.165) is 5.56 Å². The van der Waals surface area contributed by atoms with Gasteiger partial charge in [0.1, 0.15) is 0 Å². The molecule has 0 fully saturated rings. The normalized spacial score (nSPS) is 13.2. The standard InChI is InChI=1S/C13H19N3O2S/c1-11(13-6-4-5-12(9-13)10-14)15-7-8-19(17,18)16(2)3/h4-6,9,11,15H,7-8H2,1-3H3. The first kappa shape index (κ1) is 15.6. The average molecular weight is 281 g/mol. The van der Waals surface area contributed by atoms with Crippen LogP contribution in [0.15, 0.2) is 24.3 Å². The summed E-state index contributed by atoms with van der Waals surface area (Å²) in [6.45, 7) is 2.32. The molecule has 0 aliphatic carbocycles. The van der Waals surface area contributed by atoms with E-state index in [2.05, 4.69) is 11.4 Å². The van der Waals surface area contributed by atoms with Gasteiger partial charge in [-0.15, -0.1) is 0 Å². The fourth-order valence-electron chi connectivity index (χ4n) is 1.58. The molecule has 0 radical (unpaired) electrons. The van der Waals surface area contributed by atoms with E-state index in [1.165, 1.54) is 18.4 Å². The topological polar surface area (TPSA) is 73.2 Å². The number of nitrogens with zero attached hydrogens (tertiary/aromatic N) is 2. The fourth-order valence-corrected chi connectivity index (χ4v) is 2.32. The molecule has 1 aromatic carbocycles. The molecule has 0 aromatic heterocycles. The van der Waals surface area contributed by atoms with Gasteiger partial charge in [0.25, 0.3) is 0 Å². The van der Waals surface area contributed by atoms with Gasteiger partial charge in [-0.05, 0) is 24.6 Å². The molecule has 1 aromatic rings. The van der Waals surface area contributed by atoms with E-state index in [1.807, 2.05) is 19.1 Å². The van der Waals surface area contributed by atoms with Gasteiger partial charge >= 0.3 is 0 Å². The highest BCUT2D eigenvalue weighted by Crippen LogP contribution is 2.13. The number of nitriles is 1. The van der Waals surface area contributed by atoms with Crippen LogP contribution in [0.4, 0.5) is 0 Å². The number of sulfonamides is 1. The van der Waals surface area contributed by atoms with Crippen molar-refractivity contribution in [3.05, 3.63) is 35.4 Å². The van der Waals surface area contributed by atoms with Crippen molar-refractivity contribution in [3.63, 3.8) is 0 Å². The van der Waals surface area contributed by atoms with Gasteiger partial charge in [0.15, 0.2) is 0 Å². The molecule has 1 unspecified atom stereocenters. The van der Waals surface area contributed by atoms with Gasteiger partial charge in [0.05, 0.1) is 17.4 Å². The number of nitrogens with one attached hydrogen (secondary N) is 1. The molecule has 0 aliphatic heterocycles. The van der Waals surface area contributed by atoms with E-state index < -0.39 is 10.0 Å². The zero-order chi connectivity index (χ0) is 14.5. The molecule has 0 spiro atoms. The van der Waals surface area contributed by atoms with Crippen LogP contribution in [0.3, 0.4) is 0 Å². The van der Waals surface area contributed by atoms with Crippen molar-refractivity contribution in [1.82, 2.24) is 9.62 Å². The molecule has 104 valence electrons.